The Morgan fingerprint density at radius 1 is 0.903 bits per heavy atom. The first-order valence-electron chi connectivity index (χ1n) is 10.5. The van der Waals surface area contributed by atoms with Crippen molar-refractivity contribution in [3.63, 3.8) is 0 Å². The maximum absolute atomic E-state index is 13.1. The van der Waals surface area contributed by atoms with Crippen molar-refractivity contribution in [3.8, 4) is 5.75 Å². The highest BCUT2D eigenvalue weighted by Gasteiger charge is 2.29. The van der Waals surface area contributed by atoms with E-state index in [1.54, 1.807) is 36.3 Å². The van der Waals surface area contributed by atoms with Crippen LogP contribution < -0.4 is 15.0 Å². The van der Waals surface area contributed by atoms with Gasteiger partial charge in [-0.3, -0.25) is 0 Å². The fourth-order valence-corrected chi connectivity index (χ4v) is 5.46. The van der Waals surface area contributed by atoms with Crippen LogP contribution in [0.5, 0.6) is 5.75 Å². The van der Waals surface area contributed by atoms with Gasteiger partial charge in [0.15, 0.2) is 0 Å². The van der Waals surface area contributed by atoms with Gasteiger partial charge in [0, 0.05) is 45.0 Å². The lowest BCUT2D eigenvalue weighted by Gasteiger charge is -2.35. The largest absolute Gasteiger partial charge is 0.495 e. The predicted molar refractivity (Wildman–Crippen MR) is 120 cm³/mol. The van der Waals surface area contributed by atoms with E-state index >= 15 is 0 Å². The van der Waals surface area contributed by atoms with Gasteiger partial charge in [-0.25, -0.2) is 13.2 Å². The molecule has 0 unspecified atom stereocenters. The molecule has 2 aromatic carbocycles. The van der Waals surface area contributed by atoms with Gasteiger partial charge >= 0.3 is 6.03 Å². The third-order valence-corrected chi connectivity index (χ3v) is 7.71. The second kappa shape index (κ2) is 9.15. The Balaban J connectivity index is 1.39. The number of methoxy groups -OCH3 is 1. The van der Waals surface area contributed by atoms with Crippen LogP contribution in [0, 0.1) is 0 Å². The molecule has 2 aromatic rings. The van der Waals surface area contributed by atoms with E-state index in [4.69, 9.17) is 4.74 Å². The van der Waals surface area contributed by atoms with Gasteiger partial charge in [-0.2, -0.15) is 4.31 Å². The highest BCUT2D eigenvalue weighted by Crippen LogP contribution is 2.29. The summed E-state index contributed by atoms with van der Waals surface area (Å²) in [7, 11) is -1.96. The number of urea groups is 1. The lowest BCUT2D eigenvalue weighted by molar-refractivity contribution is 0.222. The Labute approximate surface area is 183 Å². The molecule has 0 spiro atoms. The molecule has 9 heteroatoms. The van der Waals surface area contributed by atoms with Gasteiger partial charge in [0.05, 0.1) is 17.7 Å². The van der Waals surface area contributed by atoms with E-state index in [-0.39, 0.29) is 10.9 Å². The van der Waals surface area contributed by atoms with Crippen molar-refractivity contribution >= 4 is 27.4 Å². The number of benzene rings is 2. The average Bonchev–Trinajstić information content (AvgIpc) is 3.35. The number of nitrogens with zero attached hydrogens (tertiary/aromatic N) is 3. The van der Waals surface area contributed by atoms with Crippen LogP contribution in [0.2, 0.25) is 0 Å². The van der Waals surface area contributed by atoms with Crippen molar-refractivity contribution in [2.24, 2.45) is 0 Å². The zero-order valence-corrected chi connectivity index (χ0v) is 18.5. The van der Waals surface area contributed by atoms with Gasteiger partial charge in [0.25, 0.3) is 0 Å². The number of hydrogen-bond acceptors (Lipinski definition) is 5. The average molecular weight is 445 g/mol. The minimum Gasteiger partial charge on any atom is -0.495 e. The van der Waals surface area contributed by atoms with Gasteiger partial charge in [-0.1, -0.05) is 12.1 Å². The number of amides is 2. The molecule has 0 aromatic heterocycles. The predicted octanol–water partition coefficient (Wildman–Crippen LogP) is 2.83. The first-order valence-corrected chi connectivity index (χ1v) is 12.0. The molecule has 0 radical (unpaired) electrons. The van der Waals surface area contributed by atoms with Crippen LogP contribution in [0.25, 0.3) is 0 Å². The summed E-state index contributed by atoms with van der Waals surface area (Å²) in [4.78, 5) is 16.4. The maximum atomic E-state index is 13.1. The van der Waals surface area contributed by atoms with Crippen LogP contribution in [0.15, 0.2) is 53.4 Å². The van der Waals surface area contributed by atoms with Crippen molar-refractivity contribution in [3.05, 3.63) is 48.5 Å². The first-order chi connectivity index (χ1) is 15.0. The summed E-state index contributed by atoms with van der Waals surface area (Å²) in [6, 6.07) is 14.0. The minimum absolute atomic E-state index is 0.138. The number of likely N-dealkylation sites (tertiary alicyclic amines) is 1. The van der Waals surface area contributed by atoms with Crippen molar-refractivity contribution in [1.29, 1.82) is 0 Å². The normalized spacial score (nSPS) is 17.6. The Kier molecular flexibility index (Phi) is 6.33. The number of carbonyl (C=O) groups is 1. The molecule has 8 nitrogen and oxygen atoms in total. The van der Waals surface area contributed by atoms with Gasteiger partial charge in [0.2, 0.25) is 10.0 Å². The second-order valence-electron chi connectivity index (χ2n) is 7.71. The Bertz CT molecular complexity index is 1010. The number of nitrogens with one attached hydrogen (secondary N) is 1. The molecule has 2 aliphatic rings. The number of anilines is 2. The Morgan fingerprint density at radius 2 is 1.55 bits per heavy atom. The van der Waals surface area contributed by atoms with Gasteiger partial charge in [-0.15, -0.1) is 0 Å². The standard InChI is InChI=1S/C22H28N4O4S/c1-30-21-7-3-2-6-20(21)24-14-16-26(17-15-24)31(28,29)19-10-8-18(9-11-19)23-22(27)25-12-4-5-13-25/h2-3,6-11H,4-5,12-17H2,1H3,(H,23,27). The smallest absolute Gasteiger partial charge is 0.321 e. The molecule has 0 atom stereocenters. The van der Waals surface area contributed by atoms with Crippen molar-refractivity contribution in [2.45, 2.75) is 17.7 Å². The van der Waals surface area contributed by atoms with Crippen LogP contribution in [0.3, 0.4) is 0 Å². The van der Waals surface area contributed by atoms with Crippen LogP contribution in [-0.2, 0) is 10.0 Å². The molecule has 166 valence electrons. The fraction of sp³-hybridized carbons (Fsp3) is 0.409. The molecule has 0 bridgehead atoms. The van der Waals surface area contributed by atoms with Gasteiger partial charge in [0.1, 0.15) is 5.75 Å². The molecule has 1 N–H and O–H groups in total. The van der Waals surface area contributed by atoms with E-state index in [9.17, 15) is 13.2 Å². The highest BCUT2D eigenvalue weighted by molar-refractivity contribution is 7.89. The molecule has 2 fully saturated rings. The van der Waals surface area contributed by atoms with Gasteiger partial charge < -0.3 is 19.9 Å². The van der Waals surface area contributed by atoms with Crippen LogP contribution >= 0.6 is 0 Å². The Hall–Kier alpha value is -2.78. The number of ether oxygens (including phenoxy) is 1. The van der Waals surface area contributed by atoms with Gasteiger partial charge in [-0.05, 0) is 49.2 Å². The number of piperazine rings is 1. The molecule has 0 aliphatic carbocycles. The number of hydrogen-bond donors (Lipinski definition) is 1. The third-order valence-electron chi connectivity index (χ3n) is 5.80. The summed E-state index contributed by atoms with van der Waals surface area (Å²) in [6.45, 7) is 3.49. The van der Waals surface area contributed by atoms with Crippen LogP contribution in [-0.4, -0.2) is 70.0 Å². The van der Waals surface area contributed by atoms with Crippen LogP contribution in [0.1, 0.15) is 12.8 Å². The van der Waals surface area contributed by atoms with E-state index in [2.05, 4.69) is 10.2 Å². The van der Waals surface area contributed by atoms with E-state index in [0.717, 1.165) is 37.4 Å². The molecule has 2 aliphatic heterocycles. The molecule has 2 saturated heterocycles. The summed E-state index contributed by atoms with van der Waals surface area (Å²) >= 11 is 0. The molecule has 31 heavy (non-hydrogen) atoms. The Morgan fingerprint density at radius 3 is 2.19 bits per heavy atom. The van der Waals surface area contributed by atoms with Crippen LogP contribution in [0.4, 0.5) is 16.2 Å². The molecule has 0 saturated carbocycles. The minimum atomic E-state index is -3.59. The number of carbonyl (C=O) groups excluding carboxylic acids is 1. The van der Waals surface area contributed by atoms with Crippen molar-refractivity contribution in [1.82, 2.24) is 9.21 Å². The summed E-state index contributed by atoms with van der Waals surface area (Å²) in [6.07, 6.45) is 2.05. The van der Waals surface area contributed by atoms with Crippen molar-refractivity contribution in [2.75, 3.05) is 56.6 Å². The summed E-state index contributed by atoms with van der Waals surface area (Å²) in [5.74, 6) is 0.783. The lowest BCUT2D eigenvalue weighted by atomic mass is 10.2. The monoisotopic (exact) mass is 444 g/mol. The second-order valence-corrected chi connectivity index (χ2v) is 9.65. The number of para-hydroxylation sites is 2. The summed E-state index contributed by atoms with van der Waals surface area (Å²) in [5, 5.41) is 2.84. The fourth-order valence-electron chi connectivity index (χ4n) is 4.04. The zero-order chi connectivity index (χ0) is 21.8. The summed E-state index contributed by atoms with van der Waals surface area (Å²) in [5.41, 5.74) is 1.57. The summed E-state index contributed by atoms with van der Waals surface area (Å²) < 4.78 is 33.1. The highest BCUT2D eigenvalue weighted by atomic mass is 32.2. The number of rotatable bonds is 5. The topological polar surface area (TPSA) is 82.2 Å². The SMILES string of the molecule is COc1ccccc1N1CCN(S(=O)(=O)c2ccc(NC(=O)N3CCCC3)cc2)CC1. The van der Waals surface area contributed by atoms with E-state index < -0.39 is 10.0 Å². The molecule has 4 rings (SSSR count). The molecule has 2 heterocycles. The molecular weight excluding hydrogens is 416 g/mol. The molecule has 2 amide bonds. The zero-order valence-electron chi connectivity index (χ0n) is 17.7. The van der Waals surface area contributed by atoms with E-state index in [1.165, 1.54) is 4.31 Å². The number of sulfonamides is 1. The first kappa shape index (κ1) is 21.5. The third kappa shape index (κ3) is 4.62. The molecular formula is C22H28N4O4S. The van der Waals surface area contributed by atoms with Crippen molar-refractivity contribution < 1.29 is 17.9 Å². The lowest BCUT2D eigenvalue weighted by Crippen LogP contribution is -2.48. The van der Waals surface area contributed by atoms with E-state index in [1.807, 2.05) is 24.3 Å². The maximum Gasteiger partial charge on any atom is 0.321 e. The van der Waals surface area contributed by atoms with E-state index in [0.29, 0.717) is 31.9 Å². The quantitative estimate of drug-likeness (QED) is 0.767.